The van der Waals surface area contributed by atoms with Crippen molar-refractivity contribution in [2.75, 3.05) is 13.2 Å². The highest BCUT2D eigenvalue weighted by atomic mass is 35.5. The van der Waals surface area contributed by atoms with Gasteiger partial charge in [-0.05, 0) is 24.3 Å². The fourth-order valence-corrected chi connectivity index (χ4v) is 3.37. The van der Waals surface area contributed by atoms with Crippen molar-refractivity contribution in [3.63, 3.8) is 0 Å². The van der Waals surface area contributed by atoms with Crippen molar-refractivity contribution >= 4 is 22.8 Å². The third kappa shape index (κ3) is 5.38. The summed E-state index contributed by atoms with van der Waals surface area (Å²) in [6, 6.07) is 8.07. The zero-order valence-electron chi connectivity index (χ0n) is 18.4. The van der Waals surface area contributed by atoms with E-state index in [1.807, 2.05) is 0 Å². The van der Waals surface area contributed by atoms with Crippen molar-refractivity contribution in [3.05, 3.63) is 74.1 Å². The SMILES string of the molecule is Cn1c(=O)n(O)c(=O)c2c1nc(OCCOc1cccc(OC(F)(F)F)c1)n2Cc1ccc(Cl)cn1. The summed E-state index contributed by atoms with van der Waals surface area (Å²) in [6.07, 6.45) is -3.44. The minimum Gasteiger partial charge on any atom is -0.490 e. The zero-order chi connectivity index (χ0) is 26.0. The number of imidazole rings is 1. The van der Waals surface area contributed by atoms with E-state index in [2.05, 4.69) is 14.7 Å². The molecule has 0 bridgehead atoms. The molecule has 0 spiro atoms. The van der Waals surface area contributed by atoms with Crippen LogP contribution in [0.5, 0.6) is 17.5 Å². The minimum absolute atomic E-state index is 0.0197. The number of aryl methyl sites for hydroxylation is 1. The lowest BCUT2D eigenvalue weighted by molar-refractivity contribution is -0.274. The average molecular weight is 528 g/mol. The number of hydrogen-bond acceptors (Lipinski definition) is 8. The van der Waals surface area contributed by atoms with Crippen LogP contribution in [0.1, 0.15) is 5.69 Å². The Morgan fingerprint density at radius 1 is 1.08 bits per heavy atom. The molecule has 36 heavy (non-hydrogen) atoms. The summed E-state index contributed by atoms with van der Waals surface area (Å²) in [7, 11) is 1.32. The van der Waals surface area contributed by atoms with E-state index in [9.17, 15) is 28.0 Å². The highest BCUT2D eigenvalue weighted by molar-refractivity contribution is 6.30. The van der Waals surface area contributed by atoms with Crippen molar-refractivity contribution in [2.45, 2.75) is 12.9 Å². The summed E-state index contributed by atoms with van der Waals surface area (Å²) in [6.45, 7) is -0.266. The first-order valence-corrected chi connectivity index (χ1v) is 10.5. The standard InChI is InChI=1S/C21H17ClF3N5O6/c1-28-17-16(18(31)30(33)20(28)32)29(11-13-6-5-12(22)10-26-13)19(27-17)35-8-7-34-14-3-2-4-15(9-14)36-21(23,24)25/h2-6,9-10,33H,7-8,11H2,1H3. The van der Waals surface area contributed by atoms with Crippen molar-refractivity contribution in [2.24, 2.45) is 7.05 Å². The maximum absolute atomic E-state index is 12.7. The number of rotatable bonds is 8. The van der Waals surface area contributed by atoms with Crippen LogP contribution in [0.2, 0.25) is 5.02 Å². The fraction of sp³-hybridized carbons (Fsp3) is 0.238. The molecule has 0 atom stereocenters. The van der Waals surface area contributed by atoms with Crippen LogP contribution >= 0.6 is 11.6 Å². The molecule has 4 aromatic rings. The Hall–Kier alpha value is -4.20. The molecule has 0 saturated carbocycles. The molecule has 0 saturated heterocycles. The molecule has 1 N–H and O–H groups in total. The number of aromatic nitrogens is 5. The maximum atomic E-state index is 12.7. The molecule has 3 heterocycles. The van der Waals surface area contributed by atoms with Gasteiger partial charge in [0.2, 0.25) is 0 Å². The lowest BCUT2D eigenvalue weighted by Crippen LogP contribution is -2.38. The highest BCUT2D eigenvalue weighted by Crippen LogP contribution is 2.26. The smallest absolute Gasteiger partial charge is 0.490 e. The third-order valence-corrected chi connectivity index (χ3v) is 5.05. The van der Waals surface area contributed by atoms with Gasteiger partial charge in [-0.3, -0.25) is 18.9 Å². The molecule has 4 rings (SSSR count). The molecule has 11 nitrogen and oxygen atoms in total. The second-order valence-corrected chi connectivity index (χ2v) is 7.74. The number of alkyl halides is 3. The van der Waals surface area contributed by atoms with Crippen molar-refractivity contribution in [1.29, 1.82) is 0 Å². The van der Waals surface area contributed by atoms with Crippen molar-refractivity contribution in [1.82, 2.24) is 23.8 Å². The van der Waals surface area contributed by atoms with E-state index in [1.54, 1.807) is 12.1 Å². The second kappa shape index (κ2) is 9.81. The van der Waals surface area contributed by atoms with Gasteiger partial charge >= 0.3 is 17.6 Å². The molecule has 3 aromatic heterocycles. The largest absolute Gasteiger partial charge is 0.573 e. The Balaban J connectivity index is 1.57. The fourth-order valence-electron chi connectivity index (χ4n) is 3.26. The Bertz CT molecular complexity index is 1510. The van der Waals surface area contributed by atoms with Crippen LogP contribution in [0.4, 0.5) is 13.2 Å². The Kier molecular flexibility index (Phi) is 6.79. The summed E-state index contributed by atoms with van der Waals surface area (Å²) >= 11 is 5.87. The van der Waals surface area contributed by atoms with E-state index < -0.39 is 23.4 Å². The third-order valence-electron chi connectivity index (χ3n) is 4.83. The lowest BCUT2D eigenvalue weighted by atomic mass is 10.3. The molecule has 1 aromatic carbocycles. The number of fused-ring (bicyclic) bond motifs is 1. The van der Waals surface area contributed by atoms with Crippen molar-refractivity contribution in [3.8, 4) is 17.5 Å². The van der Waals surface area contributed by atoms with E-state index in [0.717, 1.165) is 16.7 Å². The van der Waals surface area contributed by atoms with Gasteiger partial charge in [-0.15, -0.1) is 13.2 Å². The topological polar surface area (TPSA) is 123 Å². The molecule has 190 valence electrons. The first-order chi connectivity index (χ1) is 17.0. The van der Waals surface area contributed by atoms with E-state index in [-0.39, 0.29) is 47.4 Å². The molecule has 15 heteroatoms. The molecule has 0 amide bonds. The van der Waals surface area contributed by atoms with E-state index >= 15 is 0 Å². The first-order valence-electron chi connectivity index (χ1n) is 10.2. The van der Waals surface area contributed by atoms with Crippen LogP contribution in [-0.2, 0) is 13.6 Å². The van der Waals surface area contributed by atoms with Gasteiger partial charge in [0.1, 0.15) is 24.7 Å². The van der Waals surface area contributed by atoms with Crippen LogP contribution in [-0.4, -0.2) is 48.6 Å². The van der Waals surface area contributed by atoms with Gasteiger partial charge in [-0.25, -0.2) is 4.79 Å². The Morgan fingerprint density at radius 2 is 1.81 bits per heavy atom. The number of halogens is 4. The van der Waals surface area contributed by atoms with Crippen LogP contribution in [0.15, 0.2) is 52.2 Å². The zero-order valence-corrected chi connectivity index (χ0v) is 19.2. The molecular formula is C21H17ClF3N5O6. The average Bonchev–Trinajstić information content (AvgIpc) is 3.18. The molecule has 0 aliphatic heterocycles. The normalized spacial score (nSPS) is 11.6. The number of ether oxygens (including phenoxy) is 3. The van der Waals surface area contributed by atoms with Crippen LogP contribution < -0.4 is 25.5 Å². The van der Waals surface area contributed by atoms with Gasteiger partial charge in [0, 0.05) is 19.3 Å². The van der Waals surface area contributed by atoms with Gasteiger partial charge in [0.05, 0.1) is 17.3 Å². The quantitative estimate of drug-likeness (QED) is 0.274. The number of hydrogen-bond donors (Lipinski definition) is 1. The summed E-state index contributed by atoms with van der Waals surface area (Å²) < 4.78 is 54.4. The minimum atomic E-state index is -4.84. The van der Waals surface area contributed by atoms with Gasteiger partial charge in [-0.1, -0.05) is 22.4 Å². The van der Waals surface area contributed by atoms with Crippen molar-refractivity contribution < 1.29 is 32.6 Å². The molecular weight excluding hydrogens is 511 g/mol. The van der Waals surface area contributed by atoms with E-state index in [0.29, 0.717) is 10.7 Å². The number of pyridine rings is 1. The molecule has 0 fully saturated rings. The summed E-state index contributed by atoms with van der Waals surface area (Å²) in [4.78, 5) is 33.1. The molecule has 0 aliphatic carbocycles. The van der Waals surface area contributed by atoms with Crippen LogP contribution in [0.25, 0.3) is 11.2 Å². The predicted octanol–water partition coefficient (Wildman–Crippen LogP) is 2.59. The van der Waals surface area contributed by atoms with E-state index in [4.69, 9.17) is 21.1 Å². The lowest BCUT2D eigenvalue weighted by Gasteiger charge is -2.12. The molecule has 0 radical (unpaired) electrons. The Labute approximate surface area is 204 Å². The number of nitrogens with zero attached hydrogens (tertiary/aromatic N) is 5. The Morgan fingerprint density at radius 3 is 2.50 bits per heavy atom. The van der Waals surface area contributed by atoms with Crippen LogP contribution in [0.3, 0.4) is 0 Å². The summed E-state index contributed by atoms with van der Waals surface area (Å²) in [5.74, 6) is -0.343. The molecule has 0 aliphatic rings. The maximum Gasteiger partial charge on any atom is 0.573 e. The van der Waals surface area contributed by atoms with Gasteiger partial charge in [0.15, 0.2) is 11.2 Å². The molecule has 0 unspecified atom stereocenters. The van der Waals surface area contributed by atoms with E-state index in [1.165, 1.54) is 29.9 Å². The summed E-state index contributed by atoms with van der Waals surface area (Å²) in [5.41, 5.74) is -1.71. The number of benzene rings is 1. The predicted molar refractivity (Wildman–Crippen MR) is 119 cm³/mol. The van der Waals surface area contributed by atoms with Gasteiger partial charge in [0.25, 0.3) is 6.01 Å². The van der Waals surface area contributed by atoms with Crippen LogP contribution in [0, 0.1) is 0 Å². The van der Waals surface area contributed by atoms with Gasteiger partial charge < -0.3 is 19.4 Å². The summed E-state index contributed by atoms with van der Waals surface area (Å²) in [5, 5.41) is 10.3. The highest BCUT2D eigenvalue weighted by Gasteiger charge is 2.31. The van der Waals surface area contributed by atoms with Gasteiger partial charge in [-0.2, -0.15) is 4.98 Å². The second-order valence-electron chi connectivity index (χ2n) is 7.30. The monoisotopic (exact) mass is 527 g/mol. The first kappa shape index (κ1) is 24.9.